The molecule has 0 bridgehead atoms. The maximum absolute atomic E-state index is 12.9. The molecule has 0 aliphatic heterocycles. The van der Waals surface area contributed by atoms with Gasteiger partial charge in [0.05, 0.1) is 19.1 Å². The molecule has 1 rings (SSSR count). The predicted molar refractivity (Wildman–Crippen MR) is 61.9 cm³/mol. The number of carbonyl (C=O) groups excluding carboxylic acids is 1. The molecule has 0 saturated carbocycles. The summed E-state index contributed by atoms with van der Waals surface area (Å²) >= 11 is 0. The van der Waals surface area contributed by atoms with Crippen LogP contribution in [-0.4, -0.2) is 25.2 Å². The Morgan fingerprint density at radius 2 is 2.05 bits per heavy atom. The Morgan fingerprint density at radius 1 is 1.37 bits per heavy atom. The number of hydrogen-bond donors (Lipinski definition) is 2. The van der Waals surface area contributed by atoms with E-state index in [1.54, 1.807) is 13.0 Å². The van der Waals surface area contributed by atoms with Crippen LogP contribution in [-0.2, 0) is 4.79 Å². The lowest BCUT2D eigenvalue weighted by atomic mass is 10.1. The molecule has 0 aromatic heterocycles. The number of halogens is 4. The zero-order valence-corrected chi connectivity index (χ0v) is 10.2. The zero-order chi connectivity index (χ0) is 14.5. The van der Waals surface area contributed by atoms with E-state index in [1.807, 2.05) is 5.32 Å². The third-order valence-corrected chi connectivity index (χ3v) is 2.34. The van der Waals surface area contributed by atoms with Crippen LogP contribution in [0.15, 0.2) is 24.3 Å². The van der Waals surface area contributed by atoms with Crippen LogP contribution in [0.25, 0.3) is 0 Å². The molecule has 1 unspecified atom stereocenters. The van der Waals surface area contributed by atoms with Gasteiger partial charge in [-0.05, 0) is 24.6 Å². The van der Waals surface area contributed by atoms with Crippen LogP contribution in [0.4, 0.5) is 17.6 Å². The van der Waals surface area contributed by atoms with Gasteiger partial charge in [0.2, 0.25) is 5.91 Å². The van der Waals surface area contributed by atoms with E-state index < -0.39 is 37.0 Å². The van der Waals surface area contributed by atoms with Crippen molar-refractivity contribution < 1.29 is 22.4 Å². The molecule has 0 fully saturated rings. The van der Waals surface area contributed by atoms with Gasteiger partial charge in [-0.3, -0.25) is 4.79 Å². The van der Waals surface area contributed by atoms with Crippen molar-refractivity contribution in [1.82, 2.24) is 10.6 Å². The lowest BCUT2D eigenvalue weighted by molar-refractivity contribution is -0.128. The van der Waals surface area contributed by atoms with Crippen LogP contribution in [0, 0.1) is 5.82 Å². The Kier molecular flexibility index (Phi) is 5.29. The number of carbonyl (C=O) groups is 1. The second kappa shape index (κ2) is 6.51. The van der Waals surface area contributed by atoms with Crippen LogP contribution in [0.2, 0.25) is 0 Å². The van der Waals surface area contributed by atoms with Crippen molar-refractivity contribution in [2.75, 3.05) is 13.1 Å². The van der Waals surface area contributed by atoms with Gasteiger partial charge in [-0.1, -0.05) is 12.1 Å². The number of benzene rings is 1. The van der Waals surface area contributed by atoms with E-state index in [-0.39, 0.29) is 0 Å². The highest BCUT2D eigenvalue weighted by atomic mass is 19.4. The lowest BCUT2D eigenvalue weighted by Gasteiger charge is -2.15. The summed E-state index contributed by atoms with van der Waals surface area (Å²) in [6, 6.07) is 5.17. The van der Waals surface area contributed by atoms with Gasteiger partial charge < -0.3 is 10.6 Å². The van der Waals surface area contributed by atoms with E-state index in [4.69, 9.17) is 0 Å². The average molecular weight is 278 g/mol. The Labute approximate surface area is 108 Å². The van der Waals surface area contributed by atoms with Crippen LogP contribution < -0.4 is 10.6 Å². The van der Waals surface area contributed by atoms with Gasteiger partial charge in [0.25, 0.3) is 0 Å². The van der Waals surface area contributed by atoms with Crippen molar-refractivity contribution in [3.63, 3.8) is 0 Å². The first kappa shape index (κ1) is 15.4. The summed E-state index contributed by atoms with van der Waals surface area (Å²) < 4.78 is 48.5. The van der Waals surface area contributed by atoms with Gasteiger partial charge in [0, 0.05) is 0 Å². The van der Waals surface area contributed by atoms with E-state index in [9.17, 15) is 22.4 Å². The molecule has 1 aromatic rings. The Bertz CT molecular complexity index is 434. The van der Waals surface area contributed by atoms with Gasteiger partial charge in [-0.25, -0.2) is 4.39 Å². The fraction of sp³-hybridized carbons (Fsp3) is 0.417. The maximum Gasteiger partial charge on any atom is 0.401 e. The molecule has 2 N–H and O–H groups in total. The van der Waals surface area contributed by atoms with Crippen molar-refractivity contribution in [3.8, 4) is 0 Å². The number of nitrogens with one attached hydrogen (secondary N) is 2. The molecular weight excluding hydrogens is 264 g/mol. The van der Waals surface area contributed by atoms with Gasteiger partial charge in [0.1, 0.15) is 5.82 Å². The normalized spacial score (nSPS) is 13.1. The Hall–Kier alpha value is -1.63. The summed E-state index contributed by atoms with van der Waals surface area (Å²) in [6.07, 6.45) is -4.35. The predicted octanol–water partition coefficient (Wildman–Crippen LogP) is 2.15. The van der Waals surface area contributed by atoms with E-state index in [0.717, 1.165) is 0 Å². The van der Waals surface area contributed by atoms with Gasteiger partial charge in [-0.15, -0.1) is 0 Å². The minimum absolute atomic E-state index is 0.436. The van der Waals surface area contributed by atoms with Crippen molar-refractivity contribution in [2.24, 2.45) is 0 Å². The quantitative estimate of drug-likeness (QED) is 0.810. The van der Waals surface area contributed by atoms with E-state index in [0.29, 0.717) is 5.56 Å². The minimum atomic E-state index is -4.35. The average Bonchev–Trinajstić information content (AvgIpc) is 2.27. The third-order valence-electron chi connectivity index (χ3n) is 2.34. The van der Waals surface area contributed by atoms with Gasteiger partial charge >= 0.3 is 6.18 Å². The molecule has 0 saturated heterocycles. The second-order valence-electron chi connectivity index (χ2n) is 4.06. The molecule has 0 radical (unpaired) electrons. The zero-order valence-electron chi connectivity index (χ0n) is 10.2. The van der Waals surface area contributed by atoms with Crippen LogP contribution in [0.1, 0.15) is 18.5 Å². The monoisotopic (exact) mass is 278 g/mol. The summed E-state index contributed by atoms with van der Waals surface area (Å²) in [5.74, 6) is -1.02. The third kappa shape index (κ3) is 6.19. The van der Waals surface area contributed by atoms with Crippen LogP contribution in [0.5, 0.6) is 0 Å². The highest BCUT2D eigenvalue weighted by Crippen LogP contribution is 2.13. The Balaban J connectivity index is 2.40. The van der Waals surface area contributed by atoms with Crippen LogP contribution >= 0.6 is 0 Å². The van der Waals surface area contributed by atoms with E-state index in [2.05, 4.69) is 5.32 Å². The van der Waals surface area contributed by atoms with Crippen molar-refractivity contribution >= 4 is 5.91 Å². The standard InChI is InChI=1S/C12H14F4N2O/c1-8(9-3-2-4-10(13)5-9)18-11(19)6-17-7-12(14,15)16/h2-5,8,17H,6-7H2,1H3,(H,18,19). The first-order chi connectivity index (χ1) is 8.78. The summed E-state index contributed by atoms with van der Waals surface area (Å²) in [7, 11) is 0. The molecule has 1 aromatic carbocycles. The molecule has 106 valence electrons. The summed E-state index contributed by atoms with van der Waals surface area (Å²) in [5.41, 5.74) is 0.546. The fourth-order valence-corrected chi connectivity index (χ4v) is 1.47. The SMILES string of the molecule is CC(NC(=O)CNCC(F)(F)F)c1cccc(F)c1. The molecule has 1 atom stereocenters. The van der Waals surface area contributed by atoms with E-state index >= 15 is 0 Å². The summed E-state index contributed by atoms with van der Waals surface area (Å²) in [6.45, 7) is -0.0512. The number of alkyl halides is 3. The second-order valence-corrected chi connectivity index (χ2v) is 4.06. The van der Waals surface area contributed by atoms with Gasteiger partial charge in [0.15, 0.2) is 0 Å². The first-order valence-electron chi connectivity index (χ1n) is 5.60. The highest BCUT2D eigenvalue weighted by Gasteiger charge is 2.26. The Morgan fingerprint density at radius 3 is 2.63 bits per heavy atom. The maximum atomic E-state index is 12.9. The summed E-state index contributed by atoms with van der Waals surface area (Å²) in [5, 5.41) is 4.46. The number of hydrogen-bond acceptors (Lipinski definition) is 2. The molecule has 3 nitrogen and oxygen atoms in total. The number of amides is 1. The largest absolute Gasteiger partial charge is 0.401 e. The summed E-state index contributed by atoms with van der Waals surface area (Å²) in [4.78, 5) is 11.4. The van der Waals surface area contributed by atoms with Crippen LogP contribution in [0.3, 0.4) is 0 Å². The molecule has 1 amide bonds. The minimum Gasteiger partial charge on any atom is -0.348 e. The van der Waals surface area contributed by atoms with Crippen molar-refractivity contribution in [2.45, 2.75) is 19.1 Å². The van der Waals surface area contributed by atoms with Crippen molar-refractivity contribution in [1.29, 1.82) is 0 Å². The molecule has 0 spiro atoms. The van der Waals surface area contributed by atoms with Gasteiger partial charge in [-0.2, -0.15) is 13.2 Å². The first-order valence-corrected chi connectivity index (χ1v) is 5.60. The molecule has 19 heavy (non-hydrogen) atoms. The molecule has 0 aliphatic rings. The molecule has 7 heteroatoms. The fourth-order valence-electron chi connectivity index (χ4n) is 1.47. The topological polar surface area (TPSA) is 41.1 Å². The smallest absolute Gasteiger partial charge is 0.348 e. The van der Waals surface area contributed by atoms with Crippen molar-refractivity contribution in [3.05, 3.63) is 35.6 Å². The number of rotatable bonds is 5. The molecular formula is C12H14F4N2O. The highest BCUT2D eigenvalue weighted by molar-refractivity contribution is 5.78. The van der Waals surface area contributed by atoms with E-state index in [1.165, 1.54) is 18.2 Å². The lowest BCUT2D eigenvalue weighted by Crippen LogP contribution is -2.39. The molecule has 0 heterocycles. The molecule has 0 aliphatic carbocycles.